The highest BCUT2D eigenvalue weighted by atomic mass is 79.9. The molecule has 1 aromatic carbocycles. The molecule has 1 unspecified atom stereocenters. The molecule has 10 nitrogen and oxygen atoms in total. The molecule has 0 spiro atoms. The summed E-state index contributed by atoms with van der Waals surface area (Å²) in [5.41, 5.74) is 13.5. The normalized spacial score (nSPS) is 14.7. The molecule has 28 heavy (non-hydrogen) atoms. The zero-order valence-electron chi connectivity index (χ0n) is 14.7. The van der Waals surface area contributed by atoms with Gasteiger partial charge in [-0.2, -0.15) is 10.5 Å². The maximum Gasteiger partial charge on any atom is 0.211 e. The minimum Gasteiger partial charge on any atom is -0.466 e. The number of ether oxygens (including phenoxy) is 2. The molecule has 3 rings (SSSR count). The van der Waals surface area contributed by atoms with E-state index in [9.17, 15) is 5.26 Å². The standard InChI is InChI=1S/C17H15BrN8O2/c1-27-7-28-11-3-2-8(4-10(11)18)14-12-13(21)9(5-19)15(22)25-16(12)26-17(24-14)23-6-20/h2-4,14H,7H2,1H3,(H6,21,22,23,24,25,26). The van der Waals surface area contributed by atoms with Crippen molar-refractivity contribution in [1.29, 1.82) is 10.5 Å². The number of fused-ring (bicyclic) bond motifs is 1. The van der Waals surface area contributed by atoms with Gasteiger partial charge >= 0.3 is 0 Å². The summed E-state index contributed by atoms with van der Waals surface area (Å²) in [5, 5.41) is 23.6. The third-order valence-electron chi connectivity index (χ3n) is 3.96. The van der Waals surface area contributed by atoms with E-state index in [0.29, 0.717) is 21.6 Å². The Bertz CT molecular complexity index is 1040. The molecular weight excluding hydrogens is 428 g/mol. The second kappa shape index (κ2) is 8.00. The molecule has 11 heteroatoms. The quantitative estimate of drug-likeness (QED) is 0.313. The molecule has 0 fully saturated rings. The Balaban J connectivity index is 2.14. The van der Waals surface area contributed by atoms with Crippen LogP contribution in [0.4, 0.5) is 17.3 Å². The molecule has 1 aliphatic rings. The predicted molar refractivity (Wildman–Crippen MR) is 106 cm³/mol. The van der Waals surface area contributed by atoms with E-state index in [1.807, 2.05) is 6.07 Å². The molecule has 0 saturated heterocycles. The Kier molecular flexibility index (Phi) is 5.49. The van der Waals surface area contributed by atoms with Gasteiger partial charge < -0.3 is 26.3 Å². The Morgan fingerprint density at radius 3 is 2.79 bits per heavy atom. The molecule has 1 atom stereocenters. The number of hydrogen-bond acceptors (Lipinski definition) is 10. The molecule has 1 aliphatic heterocycles. The van der Waals surface area contributed by atoms with Crippen molar-refractivity contribution < 1.29 is 9.47 Å². The molecule has 2 aromatic rings. The fraction of sp³-hybridized carbons (Fsp3) is 0.176. The number of anilines is 3. The first-order valence-electron chi connectivity index (χ1n) is 7.90. The van der Waals surface area contributed by atoms with Crippen molar-refractivity contribution in [1.82, 2.24) is 10.3 Å². The largest absolute Gasteiger partial charge is 0.466 e. The number of aromatic nitrogens is 1. The van der Waals surface area contributed by atoms with Gasteiger partial charge in [0.15, 0.2) is 13.0 Å². The maximum atomic E-state index is 9.36. The van der Waals surface area contributed by atoms with Crippen LogP contribution in [0, 0.1) is 22.8 Å². The number of benzene rings is 1. The highest BCUT2D eigenvalue weighted by Crippen LogP contribution is 2.41. The number of pyridine rings is 1. The number of nitrogens with two attached hydrogens (primary N) is 2. The molecule has 2 heterocycles. The van der Waals surface area contributed by atoms with Crippen LogP contribution in [0.2, 0.25) is 0 Å². The Labute approximate surface area is 168 Å². The van der Waals surface area contributed by atoms with Gasteiger partial charge in [-0.3, -0.25) is 5.32 Å². The van der Waals surface area contributed by atoms with E-state index in [-0.39, 0.29) is 29.8 Å². The summed E-state index contributed by atoms with van der Waals surface area (Å²) in [7, 11) is 1.53. The van der Waals surface area contributed by atoms with E-state index in [1.54, 1.807) is 24.4 Å². The summed E-state index contributed by atoms with van der Waals surface area (Å²) in [6, 6.07) is 6.69. The molecule has 0 saturated carbocycles. The van der Waals surface area contributed by atoms with Gasteiger partial charge in [0.05, 0.1) is 10.2 Å². The summed E-state index contributed by atoms with van der Waals surface area (Å²) < 4.78 is 11.0. The van der Waals surface area contributed by atoms with E-state index in [1.165, 1.54) is 7.11 Å². The fourth-order valence-electron chi connectivity index (χ4n) is 2.75. The number of rotatable bonds is 4. The van der Waals surface area contributed by atoms with Gasteiger partial charge in [0.25, 0.3) is 0 Å². The van der Waals surface area contributed by atoms with Crippen LogP contribution in [-0.2, 0) is 4.74 Å². The third kappa shape index (κ3) is 3.49. The number of methoxy groups -OCH3 is 1. The average molecular weight is 443 g/mol. The number of nitrogen functional groups attached to an aromatic ring is 2. The lowest BCUT2D eigenvalue weighted by Gasteiger charge is -2.26. The predicted octanol–water partition coefficient (Wildman–Crippen LogP) is 1.80. The first kappa shape index (κ1) is 19.2. The van der Waals surface area contributed by atoms with Gasteiger partial charge in [0, 0.05) is 12.7 Å². The number of halogens is 1. The highest BCUT2D eigenvalue weighted by Gasteiger charge is 2.30. The first-order valence-corrected chi connectivity index (χ1v) is 8.69. The van der Waals surface area contributed by atoms with E-state index in [0.717, 1.165) is 5.56 Å². The van der Waals surface area contributed by atoms with Crippen LogP contribution < -0.4 is 26.8 Å². The zero-order chi connectivity index (χ0) is 20.3. The number of nitriles is 2. The molecule has 142 valence electrons. The number of guanidine groups is 1. The topological polar surface area (TPSA) is 167 Å². The van der Waals surface area contributed by atoms with Crippen LogP contribution in [0.3, 0.4) is 0 Å². The van der Waals surface area contributed by atoms with Crippen LogP contribution in [0.1, 0.15) is 22.7 Å². The lowest BCUT2D eigenvalue weighted by molar-refractivity contribution is 0.0506. The second-order valence-electron chi connectivity index (χ2n) is 5.64. The fourth-order valence-corrected chi connectivity index (χ4v) is 3.26. The number of nitrogens with zero attached hydrogens (tertiary/aromatic N) is 4. The van der Waals surface area contributed by atoms with Crippen molar-refractivity contribution in [2.75, 3.05) is 30.7 Å². The van der Waals surface area contributed by atoms with Crippen LogP contribution in [-0.4, -0.2) is 24.8 Å². The molecule has 0 aliphatic carbocycles. The van der Waals surface area contributed by atoms with Crippen molar-refractivity contribution in [2.24, 2.45) is 4.99 Å². The highest BCUT2D eigenvalue weighted by molar-refractivity contribution is 9.10. The van der Waals surface area contributed by atoms with Crippen LogP contribution in [0.25, 0.3) is 0 Å². The minimum atomic E-state index is -0.625. The Morgan fingerprint density at radius 1 is 1.36 bits per heavy atom. The summed E-state index contributed by atoms with van der Waals surface area (Å²) in [4.78, 5) is 8.71. The molecule has 1 aromatic heterocycles. The Hall–Kier alpha value is -3.54. The SMILES string of the molecule is COCOc1ccc(C2N=C(NC#N)Nc3nc(N)c(C#N)c(N)c32)cc1Br. The number of nitrogens with one attached hydrogen (secondary N) is 2. The van der Waals surface area contributed by atoms with Crippen molar-refractivity contribution in [3.05, 3.63) is 39.4 Å². The summed E-state index contributed by atoms with van der Waals surface area (Å²) in [5.74, 6) is 1.09. The van der Waals surface area contributed by atoms with Gasteiger partial charge in [-0.05, 0) is 33.6 Å². The maximum absolute atomic E-state index is 9.36. The molecule has 0 amide bonds. The first-order chi connectivity index (χ1) is 13.5. The van der Waals surface area contributed by atoms with Crippen LogP contribution in [0.5, 0.6) is 5.75 Å². The molecule has 6 N–H and O–H groups in total. The van der Waals surface area contributed by atoms with Gasteiger partial charge in [-0.1, -0.05) is 6.07 Å². The van der Waals surface area contributed by atoms with E-state index < -0.39 is 6.04 Å². The lowest BCUT2D eigenvalue weighted by Crippen LogP contribution is -2.32. The van der Waals surface area contributed by atoms with E-state index in [4.69, 9.17) is 26.2 Å². The van der Waals surface area contributed by atoms with Crippen molar-refractivity contribution in [2.45, 2.75) is 6.04 Å². The van der Waals surface area contributed by atoms with Gasteiger partial charge in [-0.25, -0.2) is 9.98 Å². The van der Waals surface area contributed by atoms with Crippen molar-refractivity contribution >= 4 is 39.2 Å². The smallest absolute Gasteiger partial charge is 0.211 e. The van der Waals surface area contributed by atoms with Crippen LogP contribution in [0.15, 0.2) is 27.7 Å². The van der Waals surface area contributed by atoms with Crippen molar-refractivity contribution in [3.8, 4) is 18.0 Å². The minimum absolute atomic E-state index is 0.00676. The second-order valence-corrected chi connectivity index (χ2v) is 6.50. The molecule has 0 bridgehead atoms. The van der Waals surface area contributed by atoms with Gasteiger partial charge in [-0.15, -0.1) is 0 Å². The van der Waals surface area contributed by atoms with Gasteiger partial charge in [0.1, 0.15) is 35.1 Å². The van der Waals surface area contributed by atoms with Gasteiger partial charge in [0.2, 0.25) is 5.96 Å². The number of aliphatic imine (C=N–C) groups is 1. The summed E-state index contributed by atoms with van der Waals surface area (Å²) in [6.07, 6.45) is 1.81. The summed E-state index contributed by atoms with van der Waals surface area (Å²) in [6.45, 7) is 0.101. The van der Waals surface area contributed by atoms with Crippen molar-refractivity contribution in [3.63, 3.8) is 0 Å². The van der Waals surface area contributed by atoms with E-state index in [2.05, 4.69) is 36.5 Å². The number of hydrogen-bond donors (Lipinski definition) is 4. The third-order valence-corrected chi connectivity index (χ3v) is 4.58. The summed E-state index contributed by atoms with van der Waals surface area (Å²) >= 11 is 3.46. The van der Waals surface area contributed by atoms with E-state index >= 15 is 0 Å². The molecule has 0 radical (unpaired) electrons. The van der Waals surface area contributed by atoms with Crippen LogP contribution >= 0.6 is 15.9 Å². The lowest BCUT2D eigenvalue weighted by atomic mass is 9.95. The average Bonchev–Trinajstić information content (AvgIpc) is 2.66. The zero-order valence-corrected chi connectivity index (χ0v) is 16.2. The Morgan fingerprint density at radius 2 is 2.14 bits per heavy atom. The monoisotopic (exact) mass is 442 g/mol. The molecular formula is C17H15BrN8O2.